The van der Waals surface area contributed by atoms with E-state index in [4.69, 9.17) is 0 Å². The molecule has 4 heteroatoms. The molecule has 1 aromatic heterocycles. The average Bonchev–Trinajstić information content (AvgIpc) is 2.39. The highest BCUT2D eigenvalue weighted by atomic mass is 16.5. The van der Waals surface area contributed by atoms with E-state index in [1.165, 1.54) is 7.11 Å². The van der Waals surface area contributed by atoms with Crippen LogP contribution in [0.15, 0.2) is 36.2 Å². The molecule has 1 N–H and O–H groups in total. The van der Waals surface area contributed by atoms with E-state index in [1.807, 2.05) is 31.3 Å². The van der Waals surface area contributed by atoms with Gasteiger partial charge in [-0.3, -0.25) is 4.98 Å². The second-order valence-electron chi connectivity index (χ2n) is 3.57. The van der Waals surface area contributed by atoms with Gasteiger partial charge in [0.15, 0.2) is 0 Å². The Morgan fingerprint density at radius 2 is 2.41 bits per heavy atom. The Kier molecular flexibility index (Phi) is 5.96. The second kappa shape index (κ2) is 7.57. The zero-order valence-electron chi connectivity index (χ0n) is 10.3. The highest BCUT2D eigenvalue weighted by Gasteiger charge is 2.05. The van der Waals surface area contributed by atoms with E-state index < -0.39 is 0 Å². The number of nitrogens with one attached hydrogen (secondary N) is 1. The van der Waals surface area contributed by atoms with Crippen LogP contribution >= 0.6 is 0 Å². The zero-order valence-corrected chi connectivity index (χ0v) is 10.3. The summed E-state index contributed by atoms with van der Waals surface area (Å²) in [4.78, 5) is 15.3. The molecule has 0 fully saturated rings. The van der Waals surface area contributed by atoms with Gasteiger partial charge in [-0.1, -0.05) is 19.1 Å². The van der Waals surface area contributed by atoms with Crippen LogP contribution in [0, 0.1) is 0 Å². The summed E-state index contributed by atoms with van der Waals surface area (Å²) < 4.78 is 4.67. The van der Waals surface area contributed by atoms with E-state index in [9.17, 15) is 4.79 Å². The number of nitrogens with zero attached hydrogens (tertiary/aromatic N) is 1. The van der Waals surface area contributed by atoms with Crippen molar-refractivity contribution in [3.63, 3.8) is 0 Å². The molecule has 0 unspecified atom stereocenters. The number of carbonyl (C=O) groups is 1. The summed E-state index contributed by atoms with van der Waals surface area (Å²) in [5.74, 6) is -0.254. The number of pyridine rings is 1. The highest BCUT2D eigenvalue weighted by Crippen LogP contribution is 2.02. The molecule has 0 atom stereocenters. The van der Waals surface area contributed by atoms with Crippen LogP contribution in [-0.4, -0.2) is 24.6 Å². The number of aromatic nitrogens is 1. The van der Waals surface area contributed by atoms with Gasteiger partial charge in [-0.05, 0) is 18.1 Å². The molecule has 0 radical (unpaired) electrons. The molecule has 0 aliphatic heterocycles. The van der Waals surface area contributed by atoms with Crippen LogP contribution in [0.5, 0.6) is 0 Å². The molecule has 1 rings (SSSR count). The molecule has 0 amide bonds. The predicted octanol–water partition coefficient (Wildman–Crippen LogP) is 1.68. The SMILES string of the molecule is CC/C(=C/CNCc1cccnc1)C(=O)OC. The summed E-state index contributed by atoms with van der Waals surface area (Å²) in [6, 6.07) is 3.91. The maximum Gasteiger partial charge on any atom is 0.333 e. The summed E-state index contributed by atoms with van der Waals surface area (Å²) in [6.45, 7) is 3.32. The molecule has 0 aliphatic carbocycles. The van der Waals surface area contributed by atoms with Crippen LogP contribution in [-0.2, 0) is 16.1 Å². The Labute approximate surface area is 102 Å². The molecule has 17 heavy (non-hydrogen) atoms. The van der Waals surface area contributed by atoms with Crippen molar-refractivity contribution >= 4 is 5.97 Å². The van der Waals surface area contributed by atoms with Crippen LogP contribution in [0.2, 0.25) is 0 Å². The lowest BCUT2D eigenvalue weighted by atomic mass is 10.2. The Bertz CT molecular complexity index is 374. The first-order chi connectivity index (χ1) is 8.27. The van der Waals surface area contributed by atoms with Gasteiger partial charge < -0.3 is 10.1 Å². The van der Waals surface area contributed by atoms with Gasteiger partial charge in [0.05, 0.1) is 7.11 Å². The smallest absolute Gasteiger partial charge is 0.333 e. The minimum absolute atomic E-state index is 0.254. The summed E-state index contributed by atoms with van der Waals surface area (Å²) in [5.41, 5.74) is 1.82. The molecule has 0 aromatic carbocycles. The van der Waals surface area contributed by atoms with Gasteiger partial charge in [-0.15, -0.1) is 0 Å². The first-order valence-corrected chi connectivity index (χ1v) is 5.65. The fourth-order valence-corrected chi connectivity index (χ4v) is 1.42. The zero-order chi connectivity index (χ0) is 12.5. The minimum Gasteiger partial charge on any atom is -0.466 e. The Hall–Kier alpha value is -1.68. The van der Waals surface area contributed by atoms with Gasteiger partial charge in [0.2, 0.25) is 0 Å². The normalized spacial score (nSPS) is 11.3. The average molecular weight is 234 g/mol. The lowest BCUT2D eigenvalue weighted by molar-refractivity contribution is -0.136. The summed E-state index contributed by atoms with van der Waals surface area (Å²) >= 11 is 0. The quantitative estimate of drug-likeness (QED) is 0.462. The van der Waals surface area contributed by atoms with Crippen LogP contribution in [0.1, 0.15) is 18.9 Å². The van der Waals surface area contributed by atoms with E-state index in [0.29, 0.717) is 18.5 Å². The van der Waals surface area contributed by atoms with E-state index >= 15 is 0 Å². The first kappa shape index (κ1) is 13.4. The third kappa shape index (κ3) is 4.78. The summed E-state index contributed by atoms with van der Waals surface area (Å²) in [6.07, 6.45) is 6.11. The summed E-state index contributed by atoms with van der Waals surface area (Å²) in [7, 11) is 1.40. The van der Waals surface area contributed by atoms with Crippen molar-refractivity contribution in [1.82, 2.24) is 10.3 Å². The van der Waals surface area contributed by atoms with Gasteiger partial charge in [-0.2, -0.15) is 0 Å². The number of carbonyl (C=O) groups excluding carboxylic acids is 1. The molecular formula is C13H18N2O2. The molecule has 1 aromatic rings. The molecule has 1 heterocycles. The molecule has 0 aliphatic rings. The predicted molar refractivity (Wildman–Crippen MR) is 66.3 cm³/mol. The largest absolute Gasteiger partial charge is 0.466 e. The Balaban J connectivity index is 2.36. The molecular weight excluding hydrogens is 216 g/mol. The monoisotopic (exact) mass is 234 g/mol. The van der Waals surface area contributed by atoms with Crippen LogP contribution in [0.25, 0.3) is 0 Å². The summed E-state index contributed by atoms with van der Waals surface area (Å²) in [5, 5.41) is 3.22. The first-order valence-electron chi connectivity index (χ1n) is 5.65. The van der Waals surface area contributed by atoms with Crippen LogP contribution in [0.3, 0.4) is 0 Å². The Morgan fingerprint density at radius 1 is 1.59 bits per heavy atom. The van der Waals surface area contributed by atoms with E-state index in [-0.39, 0.29) is 5.97 Å². The standard InChI is InChI=1S/C13H18N2O2/c1-3-12(13(16)17-2)6-8-15-10-11-5-4-7-14-9-11/h4-7,9,15H,3,8,10H2,1-2H3/b12-6-. The van der Waals surface area contributed by atoms with Crippen molar-refractivity contribution in [2.75, 3.05) is 13.7 Å². The van der Waals surface area contributed by atoms with Crippen molar-refractivity contribution in [3.8, 4) is 0 Å². The maximum atomic E-state index is 11.3. The number of ether oxygens (including phenoxy) is 1. The number of methoxy groups -OCH3 is 1. The molecule has 0 saturated heterocycles. The van der Waals surface area contributed by atoms with Gasteiger partial charge in [0.1, 0.15) is 0 Å². The number of rotatable bonds is 6. The fourth-order valence-electron chi connectivity index (χ4n) is 1.42. The van der Waals surface area contributed by atoms with Gasteiger partial charge in [0, 0.05) is 31.1 Å². The van der Waals surface area contributed by atoms with Crippen LogP contribution < -0.4 is 5.32 Å². The third-order valence-electron chi connectivity index (χ3n) is 2.37. The minimum atomic E-state index is -0.254. The molecule has 0 saturated carbocycles. The lowest BCUT2D eigenvalue weighted by Gasteiger charge is -2.04. The van der Waals surface area contributed by atoms with E-state index in [0.717, 1.165) is 12.1 Å². The molecule has 4 nitrogen and oxygen atoms in total. The third-order valence-corrected chi connectivity index (χ3v) is 2.37. The lowest BCUT2D eigenvalue weighted by Crippen LogP contribution is -2.15. The van der Waals surface area contributed by atoms with Crippen molar-refractivity contribution in [2.24, 2.45) is 0 Å². The van der Waals surface area contributed by atoms with Gasteiger partial charge in [0.25, 0.3) is 0 Å². The van der Waals surface area contributed by atoms with Gasteiger partial charge >= 0.3 is 5.97 Å². The molecule has 92 valence electrons. The maximum absolute atomic E-state index is 11.3. The molecule has 0 spiro atoms. The van der Waals surface area contributed by atoms with Crippen molar-refractivity contribution < 1.29 is 9.53 Å². The highest BCUT2D eigenvalue weighted by molar-refractivity contribution is 5.88. The van der Waals surface area contributed by atoms with E-state index in [1.54, 1.807) is 6.20 Å². The second-order valence-corrected chi connectivity index (χ2v) is 3.57. The van der Waals surface area contributed by atoms with E-state index in [2.05, 4.69) is 15.0 Å². The van der Waals surface area contributed by atoms with Gasteiger partial charge in [-0.25, -0.2) is 4.79 Å². The Morgan fingerprint density at radius 3 is 3.00 bits per heavy atom. The number of hydrogen-bond donors (Lipinski definition) is 1. The van der Waals surface area contributed by atoms with Crippen molar-refractivity contribution in [3.05, 3.63) is 41.7 Å². The van der Waals surface area contributed by atoms with Crippen LogP contribution in [0.4, 0.5) is 0 Å². The molecule has 0 bridgehead atoms. The number of esters is 1. The van der Waals surface area contributed by atoms with Crippen molar-refractivity contribution in [2.45, 2.75) is 19.9 Å². The topological polar surface area (TPSA) is 51.2 Å². The van der Waals surface area contributed by atoms with Crippen molar-refractivity contribution in [1.29, 1.82) is 0 Å². The number of hydrogen-bond acceptors (Lipinski definition) is 4. The fraction of sp³-hybridized carbons (Fsp3) is 0.385.